The van der Waals surface area contributed by atoms with Gasteiger partial charge in [0.15, 0.2) is 0 Å². The van der Waals surface area contributed by atoms with Crippen LogP contribution in [0.5, 0.6) is 34.5 Å². The van der Waals surface area contributed by atoms with Crippen molar-refractivity contribution in [1.29, 1.82) is 0 Å². The third-order valence-corrected chi connectivity index (χ3v) is 16.2. The van der Waals surface area contributed by atoms with Crippen molar-refractivity contribution in [2.45, 2.75) is 64.5 Å². The molecule has 6 N–H and O–H groups in total. The zero-order chi connectivity index (χ0) is 61.4. The number of hydrogen-bond acceptors (Lipinski definition) is 8. The van der Waals surface area contributed by atoms with Crippen molar-refractivity contribution >= 4 is 55.5 Å². The zero-order valence-corrected chi connectivity index (χ0v) is 49.7. The highest BCUT2D eigenvalue weighted by Gasteiger charge is 2.27. The number of benzene rings is 12. The van der Waals surface area contributed by atoms with Gasteiger partial charge in [0.1, 0.15) is 46.6 Å². The number of rotatable bonds is 9. The number of phenolic OH excluding ortho intramolecular Hbond substituents is 6. The quantitative estimate of drug-likeness (QED) is 0.0627. The molecule has 12 rings (SSSR count). The second-order valence-electron chi connectivity index (χ2n) is 24.3. The summed E-state index contributed by atoms with van der Waals surface area (Å²) >= 11 is 0. The lowest BCUT2D eigenvalue weighted by atomic mass is 9.84. The minimum Gasteiger partial charge on any atom is -0.507 e. The fraction of sp³-hybridized carbons (Fsp3) is 0.125. The predicted octanol–water partition coefficient (Wildman–Crippen LogP) is 18.3. The van der Waals surface area contributed by atoms with E-state index in [2.05, 4.69) is 23.7 Å². The van der Waals surface area contributed by atoms with E-state index in [9.17, 15) is 30.6 Å². The van der Waals surface area contributed by atoms with Gasteiger partial charge < -0.3 is 30.6 Å². The molecule has 0 aromatic heterocycles. The Morgan fingerprint density at radius 1 is 0.318 bits per heavy atom. The molecule has 430 valence electrons. The number of fused-ring (bicyclic) bond motifs is 4. The van der Waals surface area contributed by atoms with E-state index in [1.807, 2.05) is 236 Å². The molecule has 2 unspecified atom stereocenters. The van der Waals surface area contributed by atoms with Crippen LogP contribution in [0.1, 0.15) is 109 Å². The third kappa shape index (κ3) is 11.5. The molecule has 0 amide bonds. The fourth-order valence-electron chi connectivity index (χ4n) is 11.8. The lowest BCUT2D eigenvalue weighted by molar-refractivity contribution is 0.445. The van der Waals surface area contributed by atoms with Crippen LogP contribution in [-0.2, 0) is 10.8 Å². The lowest BCUT2D eigenvalue weighted by Gasteiger charge is -2.24. The van der Waals surface area contributed by atoms with Crippen LogP contribution in [0.25, 0.3) is 65.3 Å². The molecule has 0 saturated heterocycles. The number of aromatic hydroxyl groups is 6. The van der Waals surface area contributed by atoms with Gasteiger partial charge in [-0.3, -0.25) is 9.98 Å². The average molecular weight is 1150 g/mol. The fourth-order valence-corrected chi connectivity index (χ4v) is 11.8. The molecule has 2 atom stereocenters. The monoisotopic (exact) mass is 1150 g/mol. The largest absolute Gasteiger partial charge is 0.507 e. The second kappa shape index (κ2) is 23.4. The van der Waals surface area contributed by atoms with Gasteiger partial charge in [0.05, 0.1) is 0 Å². The Bertz CT molecular complexity index is 4600. The number of hydrogen-bond donors (Lipinski definition) is 6. The molecule has 0 aliphatic heterocycles. The minimum absolute atomic E-state index is 0.0590. The van der Waals surface area contributed by atoms with Gasteiger partial charge in [0.2, 0.25) is 0 Å². The molecule has 0 saturated carbocycles. The van der Waals surface area contributed by atoms with Crippen LogP contribution in [0.2, 0.25) is 0 Å². The maximum absolute atomic E-state index is 12.1. The van der Waals surface area contributed by atoms with Crippen LogP contribution in [0.4, 0.5) is 0 Å². The van der Waals surface area contributed by atoms with Crippen molar-refractivity contribution in [2.24, 2.45) is 9.98 Å². The maximum Gasteiger partial charge on any atom is 0.128 e. The first-order valence-electron chi connectivity index (χ1n) is 29.3. The Balaban J connectivity index is 0.902. The average Bonchev–Trinajstić information content (AvgIpc) is 3.75. The van der Waals surface area contributed by atoms with Crippen molar-refractivity contribution in [3.8, 4) is 80.4 Å². The molecule has 8 nitrogen and oxygen atoms in total. The SMILES string of the molecule is CC(C)(C)c1cc(C#Cc2ccc3c(-c4c(O)ccc5ccccc45)c(O)ccc3c2)cc(C=NC(c2ccccc2)C(N=Cc2cc(C#Cc3ccc4c(-c5c(O)ccc6ccccc56)c(O)ccc4c3)cc(C(C)(C)C)c2O)c2ccccc2)c1O. The number of nitrogens with zero attached hydrogens (tertiary/aromatic N) is 2. The van der Waals surface area contributed by atoms with Gasteiger partial charge in [-0.1, -0.05) is 211 Å². The lowest BCUT2D eigenvalue weighted by Crippen LogP contribution is -2.13. The summed E-state index contributed by atoms with van der Waals surface area (Å²) in [6.45, 7) is 12.3. The topological polar surface area (TPSA) is 146 Å². The maximum atomic E-state index is 12.1. The van der Waals surface area contributed by atoms with Crippen molar-refractivity contribution in [2.75, 3.05) is 0 Å². The highest BCUT2D eigenvalue weighted by atomic mass is 16.3. The van der Waals surface area contributed by atoms with E-state index in [1.165, 1.54) is 0 Å². The van der Waals surface area contributed by atoms with E-state index >= 15 is 0 Å². The highest BCUT2D eigenvalue weighted by molar-refractivity contribution is 6.11. The van der Waals surface area contributed by atoms with Gasteiger partial charge >= 0.3 is 0 Å². The summed E-state index contributed by atoms with van der Waals surface area (Å²) in [6.07, 6.45) is 3.42. The smallest absolute Gasteiger partial charge is 0.128 e. The molecule has 0 heterocycles. The Hall–Kier alpha value is -11.1. The first-order valence-corrected chi connectivity index (χ1v) is 29.3. The molecule has 0 aliphatic rings. The summed E-state index contributed by atoms with van der Waals surface area (Å²) in [4.78, 5) is 10.7. The molecule has 12 aromatic carbocycles. The van der Waals surface area contributed by atoms with Crippen LogP contribution >= 0.6 is 0 Å². The van der Waals surface area contributed by atoms with Crippen LogP contribution in [0.3, 0.4) is 0 Å². The number of phenols is 6. The van der Waals surface area contributed by atoms with Crippen LogP contribution < -0.4 is 0 Å². The first kappa shape index (κ1) is 57.4. The normalized spacial score (nSPS) is 12.6. The van der Waals surface area contributed by atoms with Crippen molar-refractivity contribution in [1.82, 2.24) is 0 Å². The summed E-state index contributed by atoms with van der Waals surface area (Å²) in [5.41, 5.74) is 8.19. The third-order valence-electron chi connectivity index (χ3n) is 16.2. The van der Waals surface area contributed by atoms with Crippen LogP contribution in [0.15, 0.2) is 228 Å². The second-order valence-corrected chi connectivity index (χ2v) is 24.3. The predicted molar refractivity (Wildman–Crippen MR) is 360 cm³/mol. The van der Waals surface area contributed by atoms with E-state index in [1.54, 1.807) is 36.7 Å². The van der Waals surface area contributed by atoms with Crippen molar-refractivity contribution < 1.29 is 30.6 Å². The van der Waals surface area contributed by atoms with E-state index in [0.717, 1.165) is 65.3 Å². The molecule has 88 heavy (non-hydrogen) atoms. The van der Waals surface area contributed by atoms with Gasteiger partial charge in [-0.05, 0) is 138 Å². The molecule has 8 heteroatoms. The Kier molecular flexibility index (Phi) is 15.3. The molecule has 0 radical (unpaired) electrons. The Morgan fingerprint density at radius 3 is 1.00 bits per heavy atom. The van der Waals surface area contributed by atoms with Crippen LogP contribution in [0, 0.1) is 23.7 Å². The van der Waals surface area contributed by atoms with Gasteiger partial charge in [-0.2, -0.15) is 0 Å². The van der Waals surface area contributed by atoms with E-state index in [-0.39, 0.29) is 34.5 Å². The van der Waals surface area contributed by atoms with E-state index < -0.39 is 22.9 Å². The molecule has 0 aliphatic carbocycles. The van der Waals surface area contributed by atoms with E-state index in [0.29, 0.717) is 55.6 Å². The first-order chi connectivity index (χ1) is 42.4. The van der Waals surface area contributed by atoms with Gasteiger partial charge in [-0.25, -0.2) is 0 Å². The van der Waals surface area contributed by atoms with Crippen LogP contribution in [-0.4, -0.2) is 43.1 Å². The van der Waals surface area contributed by atoms with Gasteiger partial charge in [-0.15, -0.1) is 0 Å². The molecule has 0 fully saturated rings. The molecular formula is C80H64N2O6. The molecule has 12 aromatic rings. The Labute approximate surface area is 512 Å². The summed E-state index contributed by atoms with van der Waals surface area (Å²) in [6, 6.07) is 67.4. The van der Waals surface area contributed by atoms with Crippen molar-refractivity contribution in [3.05, 3.63) is 274 Å². The molecule has 0 bridgehead atoms. The standard InChI is InChI=1S/C80H64N2O6/c1-79(2,3)65-45-51(27-25-49-29-35-63-57(41-49)33-39-69(85)73(63)71-61-23-15-13-17-53(61)31-37-67(71)83)43-59(77(65)87)47-81-75(55-19-9-7-10-20-55)76(56-21-11-8-12-22-56)82-48-60-44-52(46-66(78(60)88)80(4,5)6)28-26-50-30-36-64-58(42-50)34-40-70(86)74(64)72-62-24-16-14-18-54(62)32-38-68(72)84/h7-24,29-48,75-76,83-88H,1-6H3. The van der Waals surface area contributed by atoms with Gasteiger partial charge in [0.25, 0.3) is 0 Å². The minimum atomic E-state index is -0.614. The number of aliphatic imine (C=N–C) groups is 2. The Morgan fingerprint density at radius 2 is 0.636 bits per heavy atom. The zero-order valence-electron chi connectivity index (χ0n) is 49.7. The van der Waals surface area contributed by atoms with Gasteiger partial charge in [0, 0.05) is 79.2 Å². The van der Waals surface area contributed by atoms with Crippen molar-refractivity contribution in [3.63, 3.8) is 0 Å². The molecular weight excluding hydrogens is 1080 g/mol. The summed E-state index contributed by atoms with van der Waals surface area (Å²) < 4.78 is 0. The summed E-state index contributed by atoms with van der Waals surface area (Å²) in [5.74, 6) is 13.9. The summed E-state index contributed by atoms with van der Waals surface area (Å²) in [5, 5.41) is 75.9. The van der Waals surface area contributed by atoms with E-state index in [4.69, 9.17) is 9.98 Å². The highest BCUT2D eigenvalue weighted by Crippen LogP contribution is 2.47. The summed E-state index contributed by atoms with van der Waals surface area (Å²) in [7, 11) is 0. The molecule has 0 spiro atoms.